The third-order valence-electron chi connectivity index (χ3n) is 3.14. The van der Waals surface area contributed by atoms with Crippen molar-refractivity contribution in [3.05, 3.63) is 17.5 Å². The van der Waals surface area contributed by atoms with Crippen molar-refractivity contribution in [2.45, 2.75) is 32.2 Å². The fourth-order valence-corrected chi connectivity index (χ4v) is 1.93. The molecule has 20 heavy (non-hydrogen) atoms. The first-order chi connectivity index (χ1) is 9.30. The van der Waals surface area contributed by atoms with Crippen LogP contribution >= 0.6 is 0 Å². The summed E-state index contributed by atoms with van der Waals surface area (Å²) in [6, 6.07) is 0.586. The molecule has 0 radical (unpaired) electrons. The Morgan fingerprint density at radius 1 is 1.45 bits per heavy atom. The van der Waals surface area contributed by atoms with Crippen LogP contribution in [0.15, 0.2) is 10.6 Å². The Kier molecular flexibility index (Phi) is 3.80. The minimum absolute atomic E-state index is 0.00888. The lowest BCUT2D eigenvalue weighted by Crippen LogP contribution is -2.52. The Hall–Kier alpha value is -1.89. The number of aromatic nitrogens is 1. The van der Waals surface area contributed by atoms with Gasteiger partial charge >= 0.3 is 5.97 Å². The number of rotatable bonds is 2. The fourth-order valence-electron chi connectivity index (χ4n) is 1.93. The van der Waals surface area contributed by atoms with Gasteiger partial charge in [-0.05, 0) is 0 Å². The summed E-state index contributed by atoms with van der Waals surface area (Å²) in [4.78, 5) is 24.7. The SMILES string of the molecule is CC(C)(C)c1cc(C(=O)N2CCOCC2C(=O)O)no1. The molecule has 1 fully saturated rings. The second-order valence-electron chi connectivity index (χ2n) is 5.75. The van der Waals surface area contributed by atoms with Gasteiger partial charge in [0.1, 0.15) is 5.76 Å². The molecule has 0 spiro atoms. The van der Waals surface area contributed by atoms with Gasteiger partial charge in [-0.1, -0.05) is 25.9 Å². The number of carboxylic acids is 1. The van der Waals surface area contributed by atoms with Gasteiger partial charge in [-0.3, -0.25) is 4.79 Å². The summed E-state index contributed by atoms with van der Waals surface area (Å²) in [5.41, 5.74) is -0.133. The van der Waals surface area contributed by atoms with E-state index >= 15 is 0 Å². The molecule has 1 atom stereocenters. The largest absolute Gasteiger partial charge is 0.480 e. The van der Waals surface area contributed by atoms with Crippen molar-refractivity contribution in [3.8, 4) is 0 Å². The highest BCUT2D eigenvalue weighted by atomic mass is 16.5. The van der Waals surface area contributed by atoms with Crippen molar-refractivity contribution in [3.63, 3.8) is 0 Å². The monoisotopic (exact) mass is 282 g/mol. The smallest absolute Gasteiger partial charge is 0.328 e. The summed E-state index contributed by atoms with van der Waals surface area (Å²) in [5, 5.41) is 12.9. The van der Waals surface area contributed by atoms with Crippen LogP contribution in [-0.2, 0) is 14.9 Å². The molecule has 2 heterocycles. The molecule has 0 aliphatic carbocycles. The minimum atomic E-state index is -1.09. The molecule has 0 saturated carbocycles. The lowest BCUT2D eigenvalue weighted by atomic mass is 9.93. The first-order valence-corrected chi connectivity index (χ1v) is 6.39. The highest BCUT2D eigenvalue weighted by Gasteiger charge is 2.35. The lowest BCUT2D eigenvalue weighted by Gasteiger charge is -2.32. The van der Waals surface area contributed by atoms with Gasteiger partial charge in [-0.15, -0.1) is 0 Å². The van der Waals surface area contributed by atoms with E-state index in [0.29, 0.717) is 12.4 Å². The quantitative estimate of drug-likeness (QED) is 0.866. The number of nitrogens with zero attached hydrogens (tertiary/aromatic N) is 2. The number of aliphatic carboxylic acids is 1. The number of morpholine rings is 1. The molecule has 110 valence electrons. The zero-order valence-corrected chi connectivity index (χ0v) is 11.8. The zero-order valence-electron chi connectivity index (χ0n) is 11.8. The Labute approximate surface area is 116 Å². The van der Waals surface area contributed by atoms with Gasteiger partial charge in [0.2, 0.25) is 0 Å². The number of hydrogen-bond acceptors (Lipinski definition) is 5. The molecule has 1 unspecified atom stereocenters. The van der Waals surface area contributed by atoms with E-state index in [4.69, 9.17) is 14.4 Å². The Balaban J connectivity index is 2.21. The second kappa shape index (κ2) is 5.24. The van der Waals surface area contributed by atoms with Crippen LogP contribution in [0.1, 0.15) is 37.0 Å². The van der Waals surface area contributed by atoms with Crippen molar-refractivity contribution in [2.24, 2.45) is 0 Å². The molecular formula is C13H18N2O5. The number of carbonyl (C=O) groups excluding carboxylic acids is 1. The van der Waals surface area contributed by atoms with E-state index in [9.17, 15) is 9.59 Å². The van der Waals surface area contributed by atoms with Crippen LogP contribution in [-0.4, -0.2) is 52.8 Å². The van der Waals surface area contributed by atoms with E-state index in [1.807, 2.05) is 20.8 Å². The van der Waals surface area contributed by atoms with Crippen LogP contribution in [0.3, 0.4) is 0 Å². The van der Waals surface area contributed by atoms with Crippen LogP contribution in [0.25, 0.3) is 0 Å². The van der Waals surface area contributed by atoms with Crippen LogP contribution in [0.4, 0.5) is 0 Å². The van der Waals surface area contributed by atoms with Crippen molar-refractivity contribution < 1.29 is 24.0 Å². The van der Waals surface area contributed by atoms with Crippen molar-refractivity contribution in [1.82, 2.24) is 10.1 Å². The molecule has 2 rings (SSSR count). The molecular weight excluding hydrogens is 264 g/mol. The number of carbonyl (C=O) groups is 2. The maximum absolute atomic E-state index is 12.3. The van der Waals surface area contributed by atoms with Crippen molar-refractivity contribution in [1.29, 1.82) is 0 Å². The molecule has 1 N–H and O–H groups in total. The topological polar surface area (TPSA) is 92.9 Å². The fraction of sp³-hybridized carbons (Fsp3) is 0.615. The van der Waals surface area contributed by atoms with E-state index in [-0.39, 0.29) is 24.3 Å². The summed E-state index contributed by atoms with van der Waals surface area (Å²) in [6.07, 6.45) is 0. The van der Waals surface area contributed by atoms with E-state index in [0.717, 1.165) is 0 Å². The van der Waals surface area contributed by atoms with Crippen LogP contribution in [0, 0.1) is 0 Å². The molecule has 1 aromatic heterocycles. The Morgan fingerprint density at radius 3 is 2.70 bits per heavy atom. The highest BCUT2D eigenvalue weighted by Crippen LogP contribution is 2.23. The average Bonchev–Trinajstić information content (AvgIpc) is 2.87. The van der Waals surface area contributed by atoms with Gasteiger partial charge in [-0.25, -0.2) is 4.79 Å². The molecule has 1 aliphatic rings. The predicted molar refractivity (Wildman–Crippen MR) is 68.5 cm³/mol. The summed E-state index contributed by atoms with van der Waals surface area (Å²) < 4.78 is 10.3. The second-order valence-corrected chi connectivity index (χ2v) is 5.75. The standard InChI is InChI=1S/C13H18N2O5/c1-13(2,3)10-6-8(14-20-10)11(16)15-4-5-19-7-9(15)12(17)18/h6,9H,4-5,7H2,1-3H3,(H,17,18). The van der Waals surface area contributed by atoms with Crippen molar-refractivity contribution >= 4 is 11.9 Å². The summed E-state index contributed by atoms with van der Waals surface area (Å²) in [6.45, 7) is 6.36. The Morgan fingerprint density at radius 2 is 2.15 bits per heavy atom. The highest BCUT2D eigenvalue weighted by molar-refractivity contribution is 5.95. The molecule has 0 bridgehead atoms. The molecule has 1 amide bonds. The van der Waals surface area contributed by atoms with E-state index in [1.165, 1.54) is 4.90 Å². The Bertz CT molecular complexity index is 517. The molecule has 1 saturated heterocycles. The molecule has 1 aromatic rings. The van der Waals surface area contributed by atoms with Crippen LogP contribution in [0.2, 0.25) is 0 Å². The normalized spacial score (nSPS) is 19.9. The number of hydrogen-bond donors (Lipinski definition) is 1. The molecule has 7 nitrogen and oxygen atoms in total. The van der Waals surface area contributed by atoms with Gasteiger partial charge in [0, 0.05) is 18.0 Å². The maximum Gasteiger partial charge on any atom is 0.328 e. The summed E-state index contributed by atoms with van der Waals surface area (Å²) in [5.74, 6) is -0.946. The first kappa shape index (κ1) is 14.5. The molecule has 7 heteroatoms. The van der Waals surface area contributed by atoms with Gasteiger partial charge in [0.25, 0.3) is 5.91 Å². The minimum Gasteiger partial charge on any atom is -0.480 e. The zero-order chi connectivity index (χ0) is 14.9. The third kappa shape index (κ3) is 2.82. The van der Waals surface area contributed by atoms with Crippen LogP contribution < -0.4 is 0 Å². The van der Waals surface area contributed by atoms with Gasteiger partial charge in [0.05, 0.1) is 13.2 Å². The van der Waals surface area contributed by atoms with Gasteiger partial charge < -0.3 is 19.3 Å². The molecule has 1 aliphatic heterocycles. The maximum atomic E-state index is 12.3. The number of amides is 1. The van der Waals surface area contributed by atoms with Crippen molar-refractivity contribution in [2.75, 3.05) is 19.8 Å². The summed E-state index contributed by atoms with van der Waals surface area (Å²) >= 11 is 0. The van der Waals surface area contributed by atoms with Gasteiger partial charge in [0.15, 0.2) is 11.7 Å². The third-order valence-corrected chi connectivity index (χ3v) is 3.14. The van der Waals surface area contributed by atoms with E-state index in [1.54, 1.807) is 6.07 Å². The lowest BCUT2D eigenvalue weighted by molar-refractivity contribution is -0.147. The first-order valence-electron chi connectivity index (χ1n) is 6.39. The van der Waals surface area contributed by atoms with Crippen LogP contribution in [0.5, 0.6) is 0 Å². The average molecular weight is 282 g/mol. The predicted octanol–water partition coefficient (Wildman–Crippen LogP) is 0.898. The number of ether oxygens (including phenoxy) is 1. The molecule has 0 aromatic carbocycles. The summed E-state index contributed by atoms with van der Waals surface area (Å²) in [7, 11) is 0. The number of carboxylic acid groups (broad SMARTS) is 1. The van der Waals surface area contributed by atoms with E-state index < -0.39 is 17.9 Å². The van der Waals surface area contributed by atoms with Gasteiger partial charge in [-0.2, -0.15) is 0 Å². The van der Waals surface area contributed by atoms with E-state index in [2.05, 4.69) is 5.16 Å².